The van der Waals surface area contributed by atoms with Gasteiger partial charge in [0, 0.05) is 112 Å². The zero-order valence-electron chi connectivity index (χ0n) is 41.5. The highest BCUT2D eigenvalue weighted by atomic mass is 16.5. The average molecular weight is 990 g/mol. The van der Waals surface area contributed by atoms with Gasteiger partial charge in [-0.05, 0) is 92.0 Å². The molecule has 5 amide bonds. The molecule has 6 aliphatic heterocycles. The summed E-state index contributed by atoms with van der Waals surface area (Å²) in [4.78, 5) is 98.9. The quantitative estimate of drug-likeness (QED) is 0.188. The molecule has 0 saturated carbocycles. The third kappa shape index (κ3) is 7.99. The standard InChI is InChI=1S/C54H59N11O8/c1-30-25-61(34-12-14-60-27-31-5-7-38-46(47(31)73-29-36(60)21-34)53(72)65(50(38)69)41-8-10-45(67)58-49(41)68)15-16-62(30)35-6-9-44(56-24-35)57-40-19-33(26-59(4)51(40)70)37-11-13-55-48(39(37)28-66)64-18-17-63-42(52(64)71)20-32-22-54(2,3)23-43(32)63/h5-7,9,11,13,19-20,24,26,30,34,36,41,66H,8,10,12,14-18,21-23,25,27-29H2,1-4H3,(H,56,57)(H,58,67,68)/t30-,34+,36+,41?/m0/s1. The number of carbonyl (C=O) groups excluding carboxylic acids is 5. The Hall–Kier alpha value is -7.22. The van der Waals surface area contributed by atoms with E-state index in [9.17, 15) is 33.9 Å². The number of nitrogens with zero attached hydrogens (tertiary/aromatic N) is 9. The minimum atomic E-state index is -1.04. The smallest absolute Gasteiger partial charge is 0.276 e. The highest BCUT2D eigenvalue weighted by molar-refractivity contribution is 6.24. The molecule has 12 rings (SSSR count). The van der Waals surface area contributed by atoms with Gasteiger partial charge in [-0.2, -0.15) is 0 Å². The molecule has 19 heteroatoms. The van der Waals surface area contributed by atoms with Crippen LogP contribution >= 0.6 is 0 Å². The van der Waals surface area contributed by atoms with Crippen molar-refractivity contribution in [2.24, 2.45) is 12.5 Å². The lowest BCUT2D eigenvalue weighted by Gasteiger charge is -2.48. The van der Waals surface area contributed by atoms with Gasteiger partial charge in [-0.25, -0.2) is 9.97 Å². The predicted octanol–water partition coefficient (Wildman–Crippen LogP) is 4.00. The van der Waals surface area contributed by atoms with Crippen molar-refractivity contribution in [3.05, 3.63) is 111 Å². The fourth-order valence-corrected chi connectivity index (χ4v) is 12.7. The first-order valence-corrected chi connectivity index (χ1v) is 25.5. The monoisotopic (exact) mass is 989 g/mol. The molecule has 19 nitrogen and oxygen atoms in total. The lowest BCUT2D eigenvalue weighted by Crippen LogP contribution is -2.58. The molecule has 3 saturated heterocycles. The number of piperidine rings is 2. The number of carbonyl (C=O) groups is 5. The van der Waals surface area contributed by atoms with E-state index in [-0.39, 0.29) is 59.5 Å². The third-order valence-electron chi connectivity index (χ3n) is 16.3. The number of benzene rings is 1. The van der Waals surface area contributed by atoms with E-state index in [2.05, 4.69) is 55.7 Å². The number of aliphatic hydroxyl groups excluding tert-OH is 1. The van der Waals surface area contributed by atoms with Gasteiger partial charge in [-0.1, -0.05) is 19.9 Å². The molecule has 5 aromatic rings. The summed E-state index contributed by atoms with van der Waals surface area (Å²) in [5.74, 6) is -0.962. The Labute approximate surface area is 421 Å². The fraction of sp³-hybridized carbons (Fsp3) is 0.444. The summed E-state index contributed by atoms with van der Waals surface area (Å²) in [7, 11) is 1.68. The molecule has 1 aromatic carbocycles. The van der Waals surface area contributed by atoms with Gasteiger partial charge >= 0.3 is 0 Å². The zero-order valence-corrected chi connectivity index (χ0v) is 41.5. The number of amides is 5. The van der Waals surface area contributed by atoms with Gasteiger partial charge in [-0.3, -0.25) is 53.7 Å². The summed E-state index contributed by atoms with van der Waals surface area (Å²) < 4.78 is 10.1. The van der Waals surface area contributed by atoms with Crippen LogP contribution in [-0.4, -0.2) is 132 Å². The minimum absolute atomic E-state index is 0.0565. The summed E-state index contributed by atoms with van der Waals surface area (Å²) in [5.41, 5.74) is 7.45. The maximum atomic E-state index is 14.0. The van der Waals surface area contributed by atoms with E-state index < -0.39 is 29.7 Å². The second-order valence-electron chi connectivity index (χ2n) is 21.6. The summed E-state index contributed by atoms with van der Waals surface area (Å²) in [6, 6.07) is 12.6. The highest BCUT2D eigenvalue weighted by Crippen LogP contribution is 2.42. The van der Waals surface area contributed by atoms with Gasteiger partial charge in [-0.15, -0.1) is 0 Å². The summed E-state index contributed by atoms with van der Waals surface area (Å²) in [6.45, 7) is 11.8. The maximum Gasteiger partial charge on any atom is 0.276 e. The van der Waals surface area contributed by atoms with Crippen molar-refractivity contribution in [3.63, 3.8) is 0 Å². The molecule has 4 aromatic heterocycles. The zero-order chi connectivity index (χ0) is 50.6. The van der Waals surface area contributed by atoms with Gasteiger partial charge in [0.1, 0.15) is 41.4 Å². The first-order valence-electron chi connectivity index (χ1n) is 25.5. The van der Waals surface area contributed by atoms with E-state index in [1.807, 2.05) is 30.5 Å². The molecule has 3 fully saturated rings. The number of hydrogen-bond donors (Lipinski definition) is 3. The van der Waals surface area contributed by atoms with E-state index in [1.54, 1.807) is 42.5 Å². The lowest BCUT2D eigenvalue weighted by molar-refractivity contribution is -0.136. The Balaban J connectivity index is 0.690. The van der Waals surface area contributed by atoms with Crippen LogP contribution in [0.15, 0.2) is 65.8 Å². The van der Waals surface area contributed by atoms with Gasteiger partial charge in [0.05, 0.1) is 29.6 Å². The maximum absolute atomic E-state index is 14.0. The van der Waals surface area contributed by atoms with E-state index in [0.717, 1.165) is 68.0 Å². The highest BCUT2D eigenvalue weighted by Gasteiger charge is 2.48. The molecule has 1 unspecified atom stereocenters. The van der Waals surface area contributed by atoms with Crippen LogP contribution in [0, 0.1) is 5.41 Å². The average Bonchev–Trinajstić information content (AvgIpc) is 3.90. The Kier molecular flexibility index (Phi) is 11.4. The van der Waals surface area contributed by atoms with Crippen molar-refractivity contribution in [2.75, 3.05) is 54.4 Å². The topological polar surface area (TPSA) is 208 Å². The number of aryl methyl sites for hydroxylation is 1. The van der Waals surface area contributed by atoms with Crippen molar-refractivity contribution in [3.8, 4) is 16.9 Å². The second-order valence-corrected chi connectivity index (χ2v) is 21.6. The largest absolute Gasteiger partial charge is 0.491 e. The van der Waals surface area contributed by atoms with Crippen LogP contribution in [0.3, 0.4) is 0 Å². The summed E-state index contributed by atoms with van der Waals surface area (Å²) in [5, 5.41) is 16.3. The van der Waals surface area contributed by atoms with Crippen LogP contribution < -0.4 is 30.7 Å². The van der Waals surface area contributed by atoms with Gasteiger partial charge in [0.2, 0.25) is 11.8 Å². The van der Waals surface area contributed by atoms with Crippen molar-refractivity contribution in [2.45, 2.75) is 103 Å². The van der Waals surface area contributed by atoms with Crippen LogP contribution in [0.25, 0.3) is 11.1 Å². The molecular formula is C54H59N11O8. The van der Waals surface area contributed by atoms with Crippen LogP contribution in [-0.2, 0) is 49.2 Å². The number of anilines is 4. The van der Waals surface area contributed by atoms with Gasteiger partial charge < -0.3 is 29.2 Å². The van der Waals surface area contributed by atoms with Crippen LogP contribution in [0.5, 0.6) is 5.75 Å². The summed E-state index contributed by atoms with van der Waals surface area (Å²) in [6.07, 6.45) is 9.09. The summed E-state index contributed by atoms with van der Waals surface area (Å²) >= 11 is 0. The number of piperazine rings is 1. The molecule has 4 atom stereocenters. The molecule has 3 N–H and O–H groups in total. The number of ether oxygens (including phenoxy) is 1. The third-order valence-corrected chi connectivity index (χ3v) is 16.3. The number of nitrogens with one attached hydrogen (secondary N) is 2. The number of aromatic nitrogens is 4. The molecule has 1 aliphatic carbocycles. The number of imide groups is 2. The number of rotatable bonds is 8. The molecule has 0 radical (unpaired) electrons. The molecule has 7 aliphatic rings. The van der Waals surface area contributed by atoms with Crippen molar-refractivity contribution in [1.29, 1.82) is 0 Å². The van der Waals surface area contributed by atoms with Gasteiger partial charge in [0.25, 0.3) is 23.3 Å². The fourth-order valence-electron chi connectivity index (χ4n) is 12.7. The molecule has 0 bridgehead atoms. The molecule has 378 valence electrons. The van der Waals surface area contributed by atoms with Crippen molar-refractivity contribution in [1.82, 2.24) is 39.1 Å². The molecular weight excluding hydrogens is 931 g/mol. The molecule has 0 spiro atoms. The van der Waals surface area contributed by atoms with Gasteiger partial charge in [0.15, 0.2) is 0 Å². The van der Waals surface area contributed by atoms with Crippen molar-refractivity contribution < 1.29 is 33.8 Å². The van der Waals surface area contributed by atoms with E-state index in [0.29, 0.717) is 77.7 Å². The van der Waals surface area contributed by atoms with E-state index in [4.69, 9.17) is 9.72 Å². The SMILES string of the molecule is C[C@H]1CN([C@@H]2CCN3Cc4ccc5c(c4OC[C@H]3C2)C(=O)N(C2CCC(=O)NC2=O)C5=O)CCN1c1ccc(Nc2cc(-c3ccnc(N4CCn5c(cc6c5CC(C)(C)C6)C4=O)c3CO)cn(C)c2=O)nc1. The Bertz CT molecular complexity index is 3220. The van der Waals surface area contributed by atoms with E-state index >= 15 is 0 Å². The number of hydrogen-bond acceptors (Lipinski definition) is 14. The second kappa shape index (κ2) is 17.8. The first kappa shape index (κ1) is 46.8. The number of aliphatic hydroxyl groups is 1. The Morgan fingerprint density at radius 3 is 2.49 bits per heavy atom. The first-order chi connectivity index (χ1) is 35.1. The molecule has 10 heterocycles. The molecule has 73 heavy (non-hydrogen) atoms. The van der Waals surface area contributed by atoms with E-state index in [1.165, 1.54) is 15.8 Å². The number of pyridine rings is 3. The normalized spacial score (nSPS) is 23.8. The van der Waals surface area contributed by atoms with Crippen LogP contribution in [0.4, 0.5) is 23.0 Å². The predicted molar refractivity (Wildman–Crippen MR) is 270 cm³/mol. The Morgan fingerprint density at radius 2 is 1.71 bits per heavy atom. The lowest BCUT2D eigenvalue weighted by atomic mass is 9.90. The number of fused-ring (bicyclic) bond motifs is 7. The van der Waals surface area contributed by atoms with Crippen LogP contribution in [0.2, 0.25) is 0 Å². The minimum Gasteiger partial charge on any atom is -0.491 e. The van der Waals surface area contributed by atoms with Crippen molar-refractivity contribution >= 4 is 52.5 Å². The Morgan fingerprint density at radius 1 is 0.863 bits per heavy atom. The van der Waals surface area contributed by atoms with Crippen LogP contribution in [0.1, 0.15) is 100 Å².